The Morgan fingerprint density at radius 3 is 2.04 bits per heavy atom. The zero-order chi connectivity index (χ0) is 17.4. The van der Waals surface area contributed by atoms with Crippen LogP contribution in [-0.4, -0.2) is 38.5 Å². The smallest absolute Gasteiger partial charge is 0.408 e. The van der Waals surface area contributed by atoms with E-state index in [-0.39, 0.29) is 23.7 Å². The number of nitrogens with one attached hydrogen (secondary N) is 1. The van der Waals surface area contributed by atoms with Crippen LogP contribution in [0, 0.1) is 5.41 Å². The van der Waals surface area contributed by atoms with Gasteiger partial charge in [-0.1, -0.05) is 0 Å². The first-order chi connectivity index (χ1) is 10.4. The van der Waals surface area contributed by atoms with Crippen LogP contribution in [0.2, 0.25) is 0 Å². The van der Waals surface area contributed by atoms with Crippen LogP contribution >= 0.6 is 0 Å². The summed E-state index contributed by atoms with van der Waals surface area (Å²) in [4.78, 5) is 12.1. The molecule has 3 aliphatic rings. The Hall–Kier alpha value is -0.820. The number of carbonyl (C=O) groups excluding carboxylic acids is 1. The minimum atomic E-state index is -3.37. The summed E-state index contributed by atoms with van der Waals surface area (Å²) in [5, 5.41) is 3.09. The highest BCUT2D eigenvalue weighted by atomic mass is 32.2. The lowest BCUT2D eigenvalue weighted by Crippen LogP contribution is -2.57. The maximum absolute atomic E-state index is 12.1. The lowest BCUT2D eigenvalue weighted by atomic mass is 9.56. The number of hydrogen-bond acceptors (Lipinski definition) is 5. The molecule has 3 saturated carbocycles. The quantitative estimate of drug-likeness (QED) is 0.773. The number of carbonyl (C=O) groups is 1. The van der Waals surface area contributed by atoms with Crippen LogP contribution in [0.4, 0.5) is 4.79 Å². The molecule has 134 valence electrons. The molecule has 2 bridgehead atoms. The van der Waals surface area contributed by atoms with Crippen molar-refractivity contribution in [3.05, 3.63) is 0 Å². The minimum Gasteiger partial charge on any atom is -0.444 e. The van der Waals surface area contributed by atoms with Gasteiger partial charge in [-0.3, -0.25) is 4.18 Å². The van der Waals surface area contributed by atoms with E-state index in [1.165, 1.54) is 0 Å². The van der Waals surface area contributed by atoms with Gasteiger partial charge in [0.15, 0.2) is 0 Å². The maximum Gasteiger partial charge on any atom is 0.408 e. The van der Waals surface area contributed by atoms with Gasteiger partial charge in [0.25, 0.3) is 10.1 Å². The Morgan fingerprint density at radius 1 is 1.09 bits per heavy atom. The summed E-state index contributed by atoms with van der Waals surface area (Å²) in [6.45, 7) is 5.84. The van der Waals surface area contributed by atoms with Crippen LogP contribution in [0.15, 0.2) is 0 Å². The molecule has 0 spiro atoms. The van der Waals surface area contributed by atoms with Gasteiger partial charge in [-0.15, -0.1) is 0 Å². The predicted molar refractivity (Wildman–Crippen MR) is 87.6 cm³/mol. The summed E-state index contributed by atoms with van der Waals surface area (Å²) in [6, 6.07) is 0. The molecule has 1 amide bonds. The Bertz CT molecular complexity index is 525. The molecule has 3 aliphatic carbocycles. The highest BCUT2D eigenvalue weighted by molar-refractivity contribution is 7.85. The molecule has 0 atom stereocenters. The summed E-state index contributed by atoms with van der Waals surface area (Å²) in [6.07, 6.45) is 7.26. The van der Waals surface area contributed by atoms with Gasteiger partial charge in [-0.05, 0) is 71.1 Å². The molecule has 0 aliphatic heterocycles. The largest absolute Gasteiger partial charge is 0.444 e. The van der Waals surface area contributed by atoms with Gasteiger partial charge in [0.2, 0.25) is 0 Å². The number of amides is 1. The molecule has 0 radical (unpaired) electrons. The molecular formula is C16H29NO5S. The van der Waals surface area contributed by atoms with Gasteiger partial charge in [-0.25, -0.2) is 4.79 Å². The van der Waals surface area contributed by atoms with Crippen molar-refractivity contribution in [2.75, 3.05) is 12.9 Å². The molecule has 0 saturated heterocycles. The van der Waals surface area contributed by atoms with Crippen molar-refractivity contribution >= 4 is 16.2 Å². The van der Waals surface area contributed by atoms with Gasteiger partial charge in [-0.2, -0.15) is 8.42 Å². The summed E-state index contributed by atoms with van der Waals surface area (Å²) in [5.41, 5.74) is -0.472. The van der Waals surface area contributed by atoms with E-state index < -0.39 is 15.7 Å². The van der Waals surface area contributed by atoms with Crippen LogP contribution in [0.25, 0.3) is 0 Å². The predicted octanol–water partition coefficient (Wildman–Crippen LogP) is 2.97. The maximum atomic E-state index is 12.1. The van der Waals surface area contributed by atoms with Crippen molar-refractivity contribution in [1.82, 2.24) is 5.32 Å². The third-order valence-electron chi connectivity index (χ3n) is 5.10. The van der Waals surface area contributed by atoms with Crippen LogP contribution in [0.3, 0.4) is 0 Å². The lowest BCUT2D eigenvalue weighted by Gasteiger charge is -2.53. The topological polar surface area (TPSA) is 81.7 Å². The molecule has 3 rings (SSSR count). The number of fused-ring (bicyclic) bond motifs is 3. The van der Waals surface area contributed by atoms with E-state index in [0.29, 0.717) is 0 Å². The molecule has 0 aromatic carbocycles. The van der Waals surface area contributed by atoms with Crippen molar-refractivity contribution in [2.45, 2.75) is 76.9 Å². The second kappa shape index (κ2) is 6.24. The minimum absolute atomic E-state index is 0.151. The third-order valence-corrected chi connectivity index (χ3v) is 5.69. The Balaban J connectivity index is 1.86. The summed E-state index contributed by atoms with van der Waals surface area (Å²) < 4.78 is 32.4. The average molecular weight is 347 g/mol. The molecule has 3 fully saturated rings. The highest BCUT2D eigenvalue weighted by Crippen LogP contribution is 2.54. The van der Waals surface area contributed by atoms with Gasteiger partial charge in [0.1, 0.15) is 5.60 Å². The van der Waals surface area contributed by atoms with E-state index >= 15 is 0 Å². The fourth-order valence-electron chi connectivity index (χ4n) is 3.76. The standard InChI is InChI=1S/C16H29NO5S/c1-14(2,3)22-13(18)17-16-8-5-15(6-9-16,7-10-16)11-12-21-23(4,19)20/h5-12H2,1-4H3,(H,17,18). The zero-order valence-corrected chi connectivity index (χ0v) is 15.4. The van der Waals surface area contributed by atoms with Crippen molar-refractivity contribution in [3.8, 4) is 0 Å². The van der Waals surface area contributed by atoms with Gasteiger partial charge in [0, 0.05) is 5.54 Å². The van der Waals surface area contributed by atoms with Gasteiger partial charge in [0.05, 0.1) is 12.9 Å². The molecule has 0 aromatic rings. The van der Waals surface area contributed by atoms with Crippen molar-refractivity contribution in [2.24, 2.45) is 5.41 Å². The first-order valence-electron chi connectivity index (χ1n) is 8.28. The van der Waals surface area contributed by atoms with Crippen LogP contribution in [-0.2, 0) is 19.0 Å². The fourth-order valence-corrected chi connectivity index (χ4v) is 4.14. The molecular weight excluding hydrogens is 318 g/mol. The fraction of sp³-hybridized carbons (Fsp3) is 0.938. The monoisotopic (exact) mass is 347 g/mol. The van der Waals surface area contributed by atoms with E-state index in [2.05, 4.69) is 5.32 Å². The van der Waals surface area contributed by atoms with E-state index in [0.717, 1.165) is 51.2 Å². The van der Waals surface area contributed by atoms with Crippen molar-refractivity contribution in [3.63, 3.8) is 0 Å². The number of ether oxygens (including phenoxy) is 1. The molecule has 1 N–H and O–H groups in total. The Labute approximate surface area is 139 Å². The van der Waals surface area contributed by atoms with E-state index in [4.69, 9.17) is 8.92 Å². The van der Waals surface area contributed by atoms with Gasteiger partial charge >= 0.3 is 6.09 Å². The molecule has 0 heterocycles. The Morgan fingerprint density at radius 2 is 1.61 bits per heavy atom. The van der Waals surface area contributed by atoms with Crippen LogP contribution in [0.1, 0.15) is 65.7 Å². The Kier molecular flexibility index (Phi) is 5.02. The molecule has 6 nitrogen and oxygen atoms in total. The lowest BCUT2D eigenvalue weighted by molar-refractivity contribution is -0.00434. The zero-order valence-electron chi connectivity index (χ0n) is 14.6. The van der Waals surface area contributed by atoms with Crippen LogP contribution < -0.4 is 5.32 Å². The summed E-state index contributed by atoms with van der Waals surface area (Å²) in [7, 11) is -3.37. The van der Waals surface area contributed by atoms with Crippen LogP contribution in [0.5, 0.6) is 0 Å². The number of hydrogen-bond donors (Lipinski definition) is 1. The van der Waals surface area contributed by atoms with Crippen molar-refractivity contribution < 1.29 is 22.1 Å². The highest BCUT2D eigenvalue weighted by Gasteiger charge is 2.49. The number of rotatable bonds is 5. The van der Waals surface area contributed by atoms with Crippen molar-refractivity contribution in [1.29, 1.82) is 0 Å². The molecule has 0 aromatic heterocycles. The van der Waals surface area contributed by atoms with E-state index in [9.17, 15) is 13.2 Å². The second-order valence-corrected chi connectivity index (χ2v) is 9.83. The first-order valence-corrected chi connectivity index (χ1v) is 10.1. The van der Waals surface area contributed by atoms with E-state index in [1.54, 1.807) is 0 Å². The summed E-state index contributed by atoms with van der Waals surface area (Å²) in [5.74, 6) is 0. The van der Waals surface area contributed by atoms with Gasteiger partial charge < -0.3 is 10.1 Å². The van der Waals surface area contributed by atoms with E-state index in [1.807, 2.05) is 20.8 Å². The second-order valence-electron chi connectivity index (χ2n) is 8.18. The number of alkyl carbamates (subject to hydrolysis) is 1. The summed E-state index contributed by atoms with van der Waals surface area (Å²) >= 11 is 0. The normalized spacial score (nSPS) is 31.0. The first kappa shape index (κ1) is 18.5. The average Bonchev–Trinajstić information content (AvgIpc) is 2.37. The molecule has 7 heteroatoms. The molecule has 23 heavy (non-hydrogen) atoms. The third kappa shape index (κ3) is 5.35. The SMILES string of the molecule is CC(C)(C)OC(=O)NC12CCC(CCOS(C)(=O)=O)(CC1)CC2. The molecule has 0 unspecified atom stereocenters.